The van der Waals surface area contributed by atoms with Crippen LogP contribution in [-0.2, 0) is 6.42 Å². The number of rotatable bonds is 4. The first-order chi connectivity index (χ1) is 7.79. The van der Waals surface area contributed by atoms with E-state index < -0.39 is 0 Å². The molecule has 0 amide bonds. The average Bonchev–Trinajstić information content (AvgIpc) is 2.68. The van der Waals surface area contributed by atoms with Crippen LogP contribution in [0.15, 0.2) is 24.3 Å². The van der Waals surface area contributed by atoms with Crippen molar-refractivity contribution in [2.45, 2.75) is 6.42 Å². The van der Waals surface area contributed by atoms with Crippen LogP contribution >= 0.6 is 23.3 Å². The molecule has 4 nitrogen and oxygen atoms in total. The van der Waals surface area contributed by atoms with E-state index in [1.807, 2.05) is 12.1 Å². The Kier molecular flexibility index (Phi) is 3.71. The first-order valence-corrected chi connectivity index (χ1v) is 5.76. The maximum absolute atomic E-state index is 8.77. The fourth-order valence-corrected chi connectivity index (χ4v) is 1.81. The second kappa shape index (κ2) is 5.25. The summed E-state index contributed by atoms with van der Waals surface area (Å²) in [5, 5.41) is 9.04. The second-order valence-electron chi connectivity index (χ2n) is 3.08. The van der Waals surface area contributed by atoms with Gasteiger partial charge in [-0.25, -0.2) is 0 Å². The van der Waals surface area contributed by atoms with Crippen molar-refractivity contribution in [1.82, 2.24) is 8.75 Å². The normalized spacial score (nSPS) is 10.4. The van der Waals surface area contributed by atoms with Crippen molar-refractivity contribution < 1.29 is 9.84 Å². The van der Waals surface area contributed by atoms with Crippen LogP contribution in [0.2, 0.25) is 5.15 Å². The van der Waals surface area contributed by atoms with Gasteiger partial charge in [0.15, 0.2) is 0 Å². The summed E-state index contributed by atoms with van der Waals surface area (Å²) < 4.78 is 13.1. The highest BCUT2D eigenvalue weighted by molar-refractivity contribution is 6.99. The Labute approximate surface area is 102 Å². The average molecular weight is 257 g/mol. The molecule has 0 spiro atoms. The fourth-order valence-electron chi connectivity index (χ4n) is 1.20. The van der Waals surface area contributed by atoms with Crippen molar-refractivity contribution in [1.29, 1.82) is 0 Å². The molecule has 1 aromatic heterocycles. The van der Waals surface area contributed by atoms with E-state index in [4.69, 9.17) is 21.4 Å². The molecule has 1 aromatic carbocycles. The van der Waals surface area contributed by atoms with E-state index >= 15 is 0 Å². The maximum Gasteiger partial charge on any atom is 0.270 e. The number of hydrogen-bond acceptors (Lipinski definition) is 5. The first-order valence-electron chi connectivity index (χ1n) is 4.65. The predicted octanol–water partition coefficient (Wildman–Crippen LogP) is 2.52. The van der Waals surface area contributed by atoms with Gasteiger partial charge in [-0.1, -0.05) is 23.7 Å². The molecule has 16 heavy (non-hydrogen) atoms. The van der Waals surface area contributed by atoms with Crippen LogP contribution in [0.25, 0.3) is 0 Å². The number of nitrogens with zero attached hydrogens (tertiary/aromatic N) is 2. The Balaban J connectivity index is 2.08. The molecule has 0 saturated heterocycles. The molecule has 1 heterocycles. The summed E-state index contributed by atoms with van der Waals surface area (Å²) >= 11 is 6.76. The molecule has 0 aliphatic carbocycles. The standard InChI is InChI=1S/C10H9ClN2O2S/c11-9-10(13-16-12-9)15-8-3-1-7(2-4-8)5-6-14/h1-4,14H,5-6H2. The molecule has 0 aliphatic heterocycles. The number of ether oxygens (including phenoxy) is 1. The topological polar surface area (TPSA) is 55.2 Å². The SMILES string of the molecule is OCCc1ccc(Oc2nsnc2Cl)cc1. The van der Waals surface area contributed by atoms with Crippen LogP contribution in [0.4, 0.5) is 0 Å². The van der Waals surface area contributed by atoms with Crippen molar-refractivity contribution in [3.63, 3.8) is 0 Å². The highest BCUT2D eigenvalue weighted by Crippen LogP contribution is 2.26. The highest BCUT2D eigenvalue weighted by atomic mass is 35.5. The van der Waals surface area contributed by atoms with E-state index in [0.29, 0.717) is 18.1 Å². The van der Waals surface area contributed by atoms with Gasteiger partial charge < -0.3 is 9.84 Å². The smallest absolute Gasteiger partial charge is 0.270 e. The van der Waals surface area contributed by atoms with Gasteiger partial charge in [0.1, 0.15) is 5.75 Å². The lowest BCUT2D eigenvalue weighted by Gasteiger charge is -2.03. The van der Waals surface area contributed by atoms with Gasteiger partial charge >= 0.3 is 0 Å². The second-order valence-corrected chi connectivity index (χ2v) is 3.97. The minimum atomic E-state index is 0.141. The molecular weight excluding hydrogens is 248 g/mol. The van der Waals surface area contributed by atoms with Crippen LogP contribution in [0.3, 0.4) is 0 Å². The summed E-state index contributed by atoms with van der Waals surface area (Å²) in [4.78, 5) is 0. The van der Waals surface area contributed by atoms with Gasteiger partial charge in [-0.3, -0.25) is 0 Å². The molecule has 6 heteroatoms. The van der Waals surface area contributed by atoms with Crippen LogP contribution in [0.5, 0.6) is 11.6 Å². The minimum Gasteiger partial charge on any atom is -0.436 e. The van der Waals surface area contributed by atoms with Crippen LogP contribution < -0.4 is 4.74 Å². The predicted molar refractivity (Wildman–Crippen MR) is 62.2 cm³/mol. The fraction of sp³-hybridized carbons (Fsp3) is 0.200. The van der Waals surface area contributed by atoms with Crippen molar-refractivity contribution in [2.24, 2.45) is 0 Å². The van der Waals surface area contributed by atoms with Crippen LogP contribution in [0.1, 0.15) is 5.56 Å². The lowest BCUT2D eigenvalue weighted by Crippen LogP contribution is -1.90. The summed E-state index contributed by atoms with van der Waals surface area (Å²) in [7, 11) is 0. The zero-order valence-electron chi connectivity index (χ0n) is 8.26. The lowest BCUT2D eigenvalue weighted by atomic mass is 10.1. The monoisotopic (exact) mass is 256 g/mol. The molecule has 2 rings (SSSR count). The third kappa shape index (κ3) is 2.69. The van der Waals surface area contributed by atoms with Crippen LogP contribution in [0, 0.1) is 0 Å². The van der Waals surface area contributed by atoms with E-state index in [9.17, 15) is 0 Å². The largest absolute Gasteiger partial charge is 0.436 e. The summed E-state index contributed by atoms with van der Waals surface area (Å²) in [6.45, 7) is 0.141. The number of aromatic nitrogens is 2. The zero-order chi connectivity index (χ0) is 11.4. The molecule has 0 bridgehead atoms. The third-order valence-corrected chi connectivity index (χ3v) is 2.82. The van der Waals surface area contributed by atoms with E-state index in [2.05, 4.69) is 8.75 Å². The molecule has 84 valence electrons. The van der Waals surface area contributed by atoms with Crippen LogP contribution in [-0.4, -0.2) is 20.5 Å². The van der Waals surface area contributed by atoms with Crippen molar-refractivity contribution >= 4 is 23.3 Å². The van der Waals surface area contributed by atoms with Gasteiger partial charge in [0.2, 0.25) is 5.15 Å². The van der Waals surface area contributed by atoms with Crippen molar-refractivity contribution in [3.05, 3.63) is 35.0 Å². The quantitative estimate of drug-likeness (QED) is 0.913. The van der Waals surface area contributed by atoms with Gasteiger partial charge in [0.05, 0.1) is 11.7 Å². The molecule has 0 unspecified atom stereocenters. The summed E-state index contributed by atoms with van der Waals surface area (Å²) in [5.41, 5.74) is 1.05. The lowest BCUT2D eigenvalue weighted by molar-refractivity contribution is 0.299. The van der Waals surface area contributed by atoms with E-state index in [1.165, 1.54) is 0 Å². The molecular formula is C10H9ClN2O2S. The molecule has 0 fully saturated rings. The Bertz CT molecular complexity index is 458. The summed E-state index contributed by atoms with van der Waals surface area (Å²) in [5.74, 6) is 0.970. The van der Waals surface area contributed by atoms with Gasteiger partial charge in [0, 0.05) is 6.61 Å². The molecule has 0 atom stereocenters. The summed E-state index contributed by atoms with van der Waals surface area (Å²) in [6.07, 6.45) is 0.638. The van der Waals surface area contributed by atoms with Gasteiger partial charge in [-0.15, -0.1) is 4.37 Å². The molecule has 2 aromatic rings. The van der Waals surface area contributed by atoms with E-state index in [1.54, 1.807) is 12.1 Å². The molecule has 0 radical (unpaired) electrons. The molecule has 0 aliphatic rings. The van der Waals surface area contributed by atoms with Gasteiger partial charge in [-0.05, 0) is 24.1 Å². The highest BCUT2D eigenvalue weighted by Gasteiger charge is 2.07. The zero-order valence-corrected chi connectivity index (χ0v) is 9.83. The number of halogens is 1. The number of aliphatic hydroxyl groups is 1. The van der Waals surface area contributed by atoms with E-state index in [0.717, 1.165) is 17.3 Å². The summed E-state index contributed by atoms with van der Waals surface area (Å²) in [6, 6.07) is 7.39. The molecule has 1 N–H and O–H groups in total. The van der Waals surface area contributed by atoms with Crippen molar-refractivity contribution in [3.8, 4) is 11.6 Å². The van der Waals surface area contributed by atoms with Crippen molar-refractivity contribution in [2.75, 3.05) is 6.61 Å². The Morgan fingerprint density at radius 3 is 2.56 bits per heavy atom. The number of aliphatic hydroxyl groups excluding tert-OH is 1. The maximum atomic E-state index is 8.77. The number of benzene rings is 1. The Morgan fingerprint density at radius 2 is 2.00 bits per heavy atom. The Morgan fingerprint density at radius 1 is 1.25 bits per heavy atom. The number of hydrogen-bond donors (Lipinski definition) is 1. The third-order valence-electron chi connectivity index (χ3n) is 1.96. The van der Waals surface area contributed by atoms with Gasteiger partial charge in [0.25, 0.3) is 5.88 Å². The molecule has 0 saturated carbocycles. The first kappa shape index (κ1) is 11.3. The van der Waals surface area contributed by atoms with Gasteiger partial charge in [-0.2, -0.15) is 4.37 Å². The van der Waals surface area contributed by atoms with E-state index in [-0.39, 0.29) is 11.8 Å². The minimum absolute atomic E-state index is 0.141. The Hall–Kier alpha value is -1.17.